The molecule has 1 aliphatic heterocycles. The third-order valence-corrected chi connectivity index (χ3v) is 4.85. The first-order valence-electron chi connectivity index (χ1n) is 8.79. The van der Waals surface area contributed by atoms with E-state index in [4.69, 9.17) is 19.3 Å². The van der Waals surface area contributed by atoms with Gasteiger partial charge in [0.25, 0.3) is 0 Å². The molecule has 1 N–H and O–H groups in total. The zero-order chi connectivity index (χ0) is 19.1. The largest absolute Gasteiger partial charge is 0.493 e. The molecule has 27 heavy (non-hydrogen) atoms. The van der Waals surface area contributed by atoms with Gasteiger partial charge in [-0.25, -0.2) is 4.68 Å². The van der Waals surface area contributed by atoms with Crippen molar-refractivity contribution in [3.63, 3.8) is 0 Å². The van der Waals surface area contributed by atoms with Crippen molar-refractivity contribution in [2.24, 2.45) is 0 Å². The van der Waals surface area contributed by atoms with Gasteiger partial charge in [0.1, 0.15) is 6.17 Å². The predicted molar refractivity (Wildman–Crippen MR) is 105 cm³/mol. The van der Waals surface area contributed by atoms with E-state index >= 15 is 0 Å². The maximum atomic E-state index is 5.53. The fourth-order valence-electron chi connectivity index (χ4n) is 3.60. The average Bonchev–Trinajstić information content (AvgIpc) is 3.07. The first kappa shape index (κ1) is 17.3. The number of aryl methyl sites for hydroxylation is 2. The summed E-state index contributed by atoms with van der Waals surface area (Å²) in [5.41, 5.74) is 6.47. The van der Waals surface area contributed by atoms with Crippen LogP contribution in [0.2, 0.25) is 0 Å². The maximum absolute atomic E-state index is 5.53. The highest BCUT2D eigenvalue weighted by molar-refractivity contribution is 5.79. The number of nitrogens with zero attached hydrogens (tertiary/aromatic N) is 2. The Morgan fingerprint density at radius 1 is 0.926 bits per heavy atom. The van der Waals surface area contributed by atoms with E-state index in [-0.39, 0.29) is 6.17 Å². The first-order valence-corrected chi connectivity index (χ1v) is 8.79. The van der Waals surface area contributed by atoms with Gasteiger partial charge in [-0.2, -0.15) is 5.10 Å². The molecule has 0 saturated carbocycles. The van der Waals surface area contributed by atoms with Crippen LogP contribution in [0.5, 0.6) is 17.2 Å². The minimum absolute atomic E-state index is 0.183. The van der Waals surface area contributed by atoms with Crippen molar-refractivity contribution < 1.29 is 14.2 Å². The zero-order valence-electron chi connectivity index (χ0n) is 16.2. The molecule has 2 heterocycles. The molecular weight excluding hydrogens is 342 g/mol. The standard InChI is InChI=1S/C21H23N3O3/c1-12-6-7-16-15(8-12)17-9-13(2)23-24(17)21(22-16)14-10-18(25-3)20(27-5)19(11-14)26-4/h6-11,21-22H,1-5H3/t21-/m1/s1. The van der Waals surface area contributed by atoms with Crippen molar-refractivity contribution >= 4 is 5.69 Å². The molecule has 1 atom stereocenters. The zero-order valence-corrected chi connectivity index (χ0v) is 16.2. The Morgan fingerprint density at radius 3 is 2.26 bits per heavy atom. The Morgan fingerprint density at radius 2 is 1.63 bits per heavy atom. The van der Waals surface area contributed by atoms with Gasteiger partial charge < -0.3 is 19.5 Å². The molecule has 3 aromatic rings. The lowest BCUT2D eigenvalue weighted by Gasteiger charge is -2.30. The molecule has 0 aliphatic carbocycles. The van der Waals surface area contributed by atoms with Crippen molar-refractivity contribution in [3.8, 4) is 28.5 Å². The summed E-state index contributed by atoms with van der Waals surface area (Å²) in [5, 5.41) is 8.33. The van der Waals surface area contributed by atoms with E-state index in [1.54, 1.807) is 21.3 Å². The van der Waals surface area contributed by atoms with Gasteiger partial charge in [0, 0.05) is 16.8 Å². The van der Waals surface area contributed by atoms with E-state index in [9.17, 15) is 0 Å². The Hall–Kier alpha value is -3.15. The molecule has 0 unspecified atom stereocenters. The van der Waals surface area contributed by atoms with Gasteiger partial charge in [0.05, 0.1) is 32.7 Å². The number of ether oxygens (including phenoxy) is 3. The number of hydrogen-bond donors (Lipinski definition) is 1. The van der Waals surface area contributed by atoms with E-state index in [0.717, 1.165) is 28.2 Å². The molecule has 0 saturated heterocycles. The number of anilines is 1. The van der Waals surface area contributed by atoms with Crippen LogP contribution in [0.15, 0.2) is 36.4 Å². The van der Waals surface area contributed by atoms with Crippen LogP contribution in [0.4, 0.5) is 5.69 Å². The molecule has 1 aliphatic rings. The molecular formula is C21H23N3O3. The quantitative estimate of drug-likeness (QED) is 0.752. The molecule has 0 amide bonds. The van der Waals surface area contributed by atoms with E-state index in [1.165, 1.54) is 5.56 Å². The normalized spacial score (nSPS) is 14.8. The molecule has 6 nitrogen and oxygen atoms in total. The molecule has 140 valence electrons. The second kappa shape index (κ2) is 6.54. The van der Waals surface area contributed by atoms with Gasteiger partial charge >= 0.3 is 0 Å². The lowest BCUT2D eigenvalue weighted by Crippen LogP contribution is -2.25. The maximum Gasteiger partial charge on any atom is 0.203 e. The fraction of sp³-hybridized carbons (Fsp3) is 0.286. The van der Waals surface area contributed by atoms with Crippen molar-refractivity contribution in [2.75, 3.05) is 26.6 Å². The summed E-state index contributed by atoms with van der Waals surface area (Å²) < 4.78 is 18.5. The summed E-state index contributed by atoms with van der Waals surface area (Å²) in [5.74, 6) is 1.81. The predicted octanol–water partition coefficient (Wildman–Crippen LogP) is 4.17. The molecule has 0 spiro atoms. The number of nitrogens with one attached hydrogen (secondary N) is 1. The van der Waals surface area contributed by atoms with Crippen LogP contribution in [-0.2, 0) is 0 Å². The number of rotatable bonds is 4. The molecule has 4 rings (SSSR count). The van der Waals surface area contributed by atoms with Gasteiger partial charge in [-0.05, 0) is 44.2 Å². The number of methoxy groups -OCH3 is 3. The van der Waals surface area contributed by atoms with Crippen LogP contribution in [0.1, 0.15) is 23.0 Å². The summed E-state index contributed by atoms with van der Waals surface area (Å²) in [6.45, 7) is 4.10. The number of fused-ring (bicyclic) bond motifs is 3. The molecule has 0 radical (unpaired) electrons. The van der Waals surface area contributed by atoms with E-state index in [0.29, 0.717) is 17.2 Å². The van der Waals surface area contributed by atoms with Gasteiger partial charge in [-0.15, -0.1) is 0 Å². The Balaban J connectivity index is 1.89. The topological polar surface area (TPSA) is 57.5 Å². The first-order chi connectivity index (χ1) is 13.0. The molecule has 6 heteroatoms. The van der Waals surface area contributed by atoms with E-state index < -0.39 is 0 Å². The minimum atomic E-state index is -0.183. The van der Waals surface area contributed by atoms with Crippen molar-refractivity contribution in [2.45, 2.75) is 20.0 Å². The lowest BCUT2D eigenvalue weighted by atomic mass is 10.0. The summed E-state index contributed by atoms with van der Waals surface area (Å²) in [4.78, 5) is 0. The Bertz CT molecular complexity index is 985. The Labute approximate surface area is 158 Å². The van der Waals surface area contributed by atoms with Gasteiger partial charge in [-0.1, -0.05) is 11.6 Å². The van der Waals surface area contributed by atoms with Crippen molar-refractivity contribution in [3.05, 3.63) is 53.2 Å². The monoisotopic (exact) mass is 365 g/mol. The third-order valence-electron chi connectivity index (χ3n) is 4.85. The lowest BCUT2D eigenvalue weighted by molar-refractivity contribution is 0.323. The summed E-state index contributed by atoms with van der Waals surface area (Å²) in [6.07, 6.45) is -0.183. The summed E-state index contributed by atoms with van der Waals surface area (Å²) in [7, 11) is 4.85. The van der Waals surface area contributed by atoms with Crippen LogP contribution in [0.3, 0.4) is 0 Å². The smallest absolute Gasteiger partial charge is 0.203 e. The molecule has 1 aromatic heterocycles. The number of benzene rings is 2. The van der Waals surface area contributed by atoms with E-state index in [2.05, 4.69) is 36.5 Å². The molecule has 2 aromatic carbocycles. The van der Waals surface area contributed by atoms with Gasteiger partial charge in [0.15, 0.2) is 11.5 Å². The number of aromatic nitrogens is 2. The van der Waals surface area contributed by atoms with E-state index in [1.807, 2.05) is 23.7 Å². The second-order valence-electron chi connectivity index (χ2n) is 6.67. The second-order valence-corrected chi connectivity index (χ2v) is 6.67. The highest BCUT2D eigenvalue weighted by atomic mass is 16.5. The van der Waals surface area contributed by atoms with Crippen LogP contribution in [0.25, 0.3) is 11.3 Å². The van der Waals surface area contributed by atoms with Crippen LogP contribution in [-0.4, -0.2) is 31.1 Å². The molecule has 0 fully saturated rings. The Kier molecular flexibility index (Phi) is 4.18. The average molecular weight is 365 g/mol. The number of hydrogen-bond acceptors (Lipinski definition) is 5. The highest BCUT2D eigenvalue weighted by Gasteiger charge is 2.28. The van der Waals surface area contributed by atoms with Crippen LogP contribution >= 0.6 is 0 Å². The highest BCUT2D eigenvalue weighted by Crippen LogP contribution is 2.44. The van der Waals surface area contributed by atoms with Crippen LogP contribution < -0.4 is 19.5 Å². The summed E-state index contributed by atoms with van der Waals surface area (Å²) in [6, 6.07) is 12.4. The minimum Gasteiger partial charge on any atom is -0.493 e. The fourth-order valence-corrected chi connectivity index (χ4v) is 3.60. The molecule has 0 bridgehead atoms. The van der Waals surface area contributed by atoms with Gasteiger partial charge in [0.2, 0.25) is 5.75 Å². The van der Waals surface area contributed by atoms with Crippen molar-refractivity contribution in [1.29, 1.82) is 0 Å². The van der Waals surface area contributed by atoms with Crippen LogP contribution in [0, 0.1) is 13.8 Å². The van der Waals surface area contributed by atoms with Gasteiger partial charge in [-0.3, -0.25) is 0 Å². The summed E-state index contributed by atoms with van der Waals surface area (Å²) >= 11 is 0. The third kappa shape index (κ3) is 2.77. The van der Waals surface area contributed by atoms with Crippen molar-refractivity contribution in [1.82, 2.24) is 9.78 Å². The SMILES string of the molecule is COc1cc([C@@H]2Nc3ccc(C)cc3-c3cc(C)nn32)cc(OC)c1OC.